The number of Topliss-reactive ketones (excluding diaryl/α,β-unsaturated/α-hetero) is 1. The number of piperazine rings is 1. The van der Waals surface area contributed by atoms with Crippen LogP contribution in [0.2, 0.25) is 0 Å². The van der Waals surface area contributed by atoms with Crippen molar-refractivity contribution in [2.45, 2.75) is 105 Å². The average molecular weight is 614 g/mol. The van der Waals surface area contributed by atoms with Crippen molar-refractivity contribution in [3.05, 3.63) is 76.3 Å². The molecule has 0 spiro atoms. The van der Waals surface area contributed by atoms with E-state index in [0.717, 1.165) is 34.7 Å². The molecule has 2 heterocycles. The van der Waals surface area contributed by atoms with Crippen LogP contribution in [0.4, 0.5) is 0 Å². The van der Waals surface area contributed by atoms with Gasteiger partial charge in [0.15, 0.2) is 5.78 Å². The highest BCUT2D eigenvalue weighted by molar-refractivity contribution is 7.13. The first-order valence-electron chi connectivity index (χ1n) is 15.9. The van der Waals surface area contributed by atoms with Gasteiger partial charge in [-0.2, -0.15) is 0 Å². The van der Waals surface area contributed by atoms with Gasteiger partial charge >= 0.3 is 0 Å². The van der Waals surface area contributed by atoms with Crippen LogP contribution in [0.5, 0.6) is 0 Å². The van der Waals surface area contributed by atoms with Gasteiger partial charge in [-0.1, -0.05) is 104 Å². The second-order valence-electron chi connectivity index (χ2n) is 15.3. The number of rotatable bonds is 8. The lowest BCUT2D eigenvalue weighted by atomic mass is 9.83. The Morgan fingerprint density at radius 1 is 0.977 bits per heavy atom. The Labute approximate surface area is 266 Å². The second kappa shape index (κ2) is 12.2. The first kappa shape index (κ1) is 32.1. The van der Waals surface area contributed by atoms with Crippen LogP contribution < -0.4 is 5.32 Å². The van der Waals surface area contributed by atoms with E-state index in [1.54, 1.807) is 16.2 Å². The van der Waals surface area contributed by atoms with Crippen LogP contribution in [0.1, 0.15) is 96.7 Å². The van der Waals surface area contributed by atoms with Crippen LogP contribution in [-0.2, 0) is 32.6 Å². The topological polar surface area (TPSA) is 79.4 Å². The molecule has 44 heavy (non-hydrogen) atoms. The Morgan fingerprint density at radius 3 is 2.11 bits per heavy atom. The number of fused-ring (bicyclic) bond motifs is 1. The number of carbonyl (C=O) groups is 3. The fourth-order valence-electron chi connectivity index (χ4n) is 6.55. The van der Waals surface area contributed by atoms with E-state index in [-0.39, 0.29) is 40.3 Å². The van der Waals surface area contributed by atoms with Crippen molar-refractivity contribution in [1.29, 1.82) is 0 Å². The molecule has 1 fully saturated rings. The highest BCUT2D eigenvalue weighted by Crippen LogP contribution is 2.38. The lowest BCUT2D eigenvalue weighted by Gasteiger charge is -2.45. The molecule has 2 aromatic carbocycles. The number of hydrogen-bond donors (Lipinski definition) is 1. The Morgan fingerprint density at radius 2 is 1.59 bits per heavy atom. The van der Waals surface area contributed by atoms with Crippen LogP contribution in [-0.4, -0.2) is 39.6 Å². The summed E-state index contributed by atoms with van der Waals surface area (Å²) in [5, 5.41) is 6.14. The number of aromatic nitrogens is 1. The predicted molar refractivity (Wildman–Crippen MR) is 177 cm³/mol. The number of amides is 2. The van der Waals surface area contributed by atoms with E-state index in [2.05, 4.69) is 57.4 Å². The summed E-state index contributed by atoms with van der Waals surface area (Å²) >= 11 is 1.61. The maximum atomic E-state index is 14.6. The van der Waals surface area contributed by atoms with E-state index in [1.165, 1.54) is 11.1 Å². The summed E-state index contributed by atoms with van der Waals surface area (Å²) < 4.78 is 0. The molecule has 2 amide bonds. The highest BCUT2D eigenvalue weighted by atomic mass is 32.1. The molecule has 6 nitrogen and oxygen atoms in total. The summed E-state index contributed by atoms with van der Waals surface area (Å²) in [6, 6.07) is 13.9. The quantitative estimate of drug-likeness (QED) is 0.289. The van der Waals surface area contributed by atoms with Gasteiger partial charge in [0.2, 0.25) is 11.8 Å². The Bertz CT molecular complexity index is 1500. The van der Waals surface area contributed by atoms with Gasteiger partial charge in [0.1, 0.15) is 23.1 Å². The maximum Gasteiger partial charge on any atom is 0.247 e. The van der Waals surface area contributed by atoms with Gasteiger partial charge in [-0.05, 0) is 53.2 Å². The summed E-state index contributed by atoms with van der Waals surface area (Å²) in [6.45, 7) is 16.7. The van der Waals surface area contributed by atoms with Gasteiger partial charge < -0.3 is 10.2 Å². The third kappa shape index (κ3) is 6.83. The lowest BCUT2D eigenvalue weighted by molar-refractivity contribution is -0.157. The van der Waals surface area contributed by atoms with Gasteiger partial charge in [0.05, 0.1) is 5.69 Å². The van der Waals surface area contributed by atoms with Gasteiger partial charge in [-0.25, -0.2) is 4.98 Å². The zero-order valence-corrected chi connectivity index (χ0v) is 28.3. The number of nitrogens with zero attached hydrogens (tertiary/aromatic N) is 2. The standard InChI is InChI=1S/C37H47N3O3S/c1-22(2)17-28-33(42)39-31(27-18-25-11-9-10-12-26(25)19-27)35(43)40(28)32(29(41)20-36(3,4)5)23-13-15-24(16-14-23)34-38-30(21-44-34)37(6,7)8/h9-16,21-22,27-28,31-32H,17-20H2,1-8H3,(H,39,42)/t28-,31-,32-/m1/s1. The van der Waals surface area contributed by atoms with E-state index in [1.807, 2.05) is 57.2 Å². The Balaban J connectivity index is 1.54. The maximum absolute atomic E-state index is 14.6. The van der Waals surface area contributed by atoms with Crippen molar-refractivity contribution in [2.24, 2.45) is 17.3 Å². The lowest BCUT2D eigenvalue weighted by Crippen LogP contribution is -2.66. The molecule has 1 saturated heterocycles. The number of carbonyl (C=O) groups excluding carboxylic acids is 3. The van der Waals surface area contributed by atoms with Crippen molar-refractivity contribution in [3.63, 3.8) is 0 Å². The number of ketones is 1. The fraction of sp³-hybridized carbons (Fsp3) is 0.514. The summed E-state index contributed by atoms with van der Waals surface area (Å²) in [6.07, 6.45) is 2.24. The summed E-state index contributed by atoms with van der Waals surface area (Å²) in [7, 11) is 0. The first-order valence-corrected chi connectivity index (χ1v) is 16.8. The van der Waals surface area contributed by atoms with E-state index in [0.29, 0.717) is 12.8 Å². The van der Waals surface area contributed by atoms with Gasteiger partial charge in [0, 0.05) is 22.8 Å². The Kier molecular flexibility index (Phi) is 8.92. The average Bonchev–Trinajstić information content (AvgIpc) is 3.59. The molecular formula is C37H47N3O3S. The molecule has 2 aliphatic rings. The Hall–Kier alpha value is -3.32. The summed E-state index contributed by atoms with van der Waals surface area (Å²) in [4.78, 5) is 49.3. The van der Waals surface area contributed by atoms with Crippen LogP contribution in [0.3, 0.4) is 0 Å². The van der Waals surface area contributed by atoms with Crippen LogP contribution >= 0.6 is 11.3 Å². The summed E-state index contributed by atoms with van der Waals surface area (Å²) in [5.74, 6) is -0.245. The van der Waals surface area contributed by atoms with Gasteiger partial charge in [-0.3, -0.25) is 14.4 Å². The molecule has 7 heteroatoms. The molecule has 0 unspecified atom stereocenters. The molecule has 1 aromatic heterocycles. The molecular weight excluding hydrogens is 566 g/mol. The van der Waals surface area contributed by atoms with E-state index in [9.17, 15) is 14.4 Å². The fourth-order valence-corrected chi connectivity index (χ4v) is 7.61. The number of benzene rings is 2. The van der Waals surface area contributed by atoms with E-state index < -0.39 is 18.1 Å². The summed E-state index contributed by atoms with van der Waals surface area (Å²) in [5.41, 5.74) is 4.88. The van der Waals surface area contributed by atoms with Crippen LogP contribution in [0.25, 0.3) is 10.6 Å². The zero-order chi connectivity index (χ0) is 32.0. The van der Waals surface area contributed by atoms with Gasteiger partial charge in [-0.15, -0.1) is 11.3 Å². The van der Waals surface area contributed by atoms with Crippen molar-refractivity contribution in [1.82, 2.24) is 15.2 Å². The van der Waals surface area contributed by atoms with Gasteiger partial charge in [0.25, 0.3) is 0 Å². The monoisotopic (exact) mass is 613 g/mol. The smallest absolute Gasteiger partial charge is 0.247 e. The zero-order valence-electron chi connectivity index (χ0n) is 27.4. The molecule has 0 bridgehead atoms. The molecule has 234 valence electrons. The predicted octanol–water partition coefficient (Wildman–Crippen LogP) is 7.31. The molecule has 0 radical (unpaired) electrons. The van der Waals surface area contributed by atoms with Crippen LogP contribution in [0.15, 0.2) is 53.9 Å². The van der Waals surface area contributed by atoms with E-state index in [4.69, 9.17) is 4.98 Å². The normalized spacial score (nSPS) is 20.2. The minimum absolute atomic E-state index is 0.0419. The minimum Gasteiger partial charge on any atom is -0.342 e. The number of thiazole rings is 1. The molecule has 3 aromatic rings. The largest absolute Gasteiger partial charge is 0.342 e. The minimum atomic E-state index is -0.849. The molecule has 1 N–H and O–H groups in total. The molecule has 1 aliphatic heterocycles. The van der Waals surface area contributed by atoms with E-state index >= 15 is 0 Å². The molecule has 3 atom stereocenters. The first-order chi connectivity index (χ1) is 20.6. The molecule has 0 saturated carbocycles. The van der Waals surface area contributed by atoms with Crippen LogP contribution in [0, 0.1) is 17.3 Å². The SMILES string of the molecule is CC(C)C[C@@H]1C(=O)N[C@H](C2Cc3ccccc3C2)C(=O)N1[C@@H](C(=O)CC(C)(C)C)c1ccc(-c2nc(C(C)(C)C)cs2)cc1. The number of hydrogen-bond acceptors (Lipinski definition) is 5. The van der Waals surface area contributed by atoms with Crippen molar-refractivity contribution in [2.75, 3.05) is 0 Å². The second-order valence-corrected chi connectivity index (χ2v) is 16.2. The van der Waals surface area contributed by atoms with Crippen molar-refractivity contribution in [3.8, 4) is 10.6 Å². The molecule has 1 aliphatic carbocycles. The molecule has 5 rings (SSSR count). The van der Waals surface area contributed by atoms with Crippen molar-refractivity contribution < 1.29 is 14.4 Å². The van der Waals surface area contributed by atoms with Crippen molar-refractivity contribution >= 4 is 28.9 Å². The number of nitrogens with one attached hydrogen (secondary N) is 1. The third-order valence-corrected chi connectivity index (χ3v) is 9.63. The highest BCUT2D eigenvalue weighted by Gasteiger charge is 2.49. The third-order valence-electron chi connectivity index (χ3n) is 8.74.